The van der Waals surface area contributed by atoms with E-state index in [4.69, 9.17) is 0 Å². The third kappa shape index (κ3) is 2.66. The molecule has 1 atom stereocenters. The molecule has 0 aliphatic rings. The summed E-state index contributed by atoms with van der Waals surface area (Å²) in [6.45, 7) is 7.12. The molecule has 2 heterocycles. The van der Waals surface area contributed by atoms with Crippen molar-refractivity contribution in [3.05, 3.63) is 32.2 Å². The minimum absolute atomic E-state index is 0.343. The van der Waals surface area contributed by atoms with Crippen molar-refractivity contribution >= 4 is 22.7 Å². The topological polar surface area (TPSA) is 37.8 Å². The lowest BCUT2D eigenvalue weighted by molar-refractivity contribution is 0.578. The zero-order valence-electron chi connectivity index (χ0n) is 9.65. The number of rotatable bonds is 4. The predicted octanol–water partition coefficient (Wildman–Crippen LogP) is 3.07. The normalized spacial score (nSPS) is 12.9. The van der Waals surface area contributed by atoms with E-state index < -0.39 is 0 Å². The molecule has 0 saturated heterocycles. The Morgan fingerprint density at radius 1 is 1.44 bits per heavy atom. The van der Waals surface area contributed by atoms with E-state index in [-0.39, 0.29) is 0 Å². The summed E-state index contributed by atoms with van der Waals surface area (Å²) in [7, 11) is 0. The van der Waals surface area contributed by atoms with Crippen LogP contribution in [0.15, 0.2) is 11.6 Å². The minimum atomic E-state index is 0.343. The monoisotopic (exact) mass is 253 g/mol. The van der Waals surface area contributed by atoms with Crippen molar-refractivity contribution < 1.29 is 0 Å². The van der Waals surface area contributed by atoms with Crippen LogP contribution in [-0.4, -0.2) is 9.97 Å². The fraction of sp³-hybridized carbons (Fsp3) is 0.455. The summed E-state index contributed by atoms with van der Waals surface area (Å²) in [4.78, 5) is 10.0. The van der Waals surface area contributed by atoms with Crippen LogP contribution in [0.25, 0.3) is 0 Å². The van der Waals surface area contributed by atoms with Crippen molar-refractivity contribution in [1.29, 1.82) is 0 Å². The van der Waals surface area contributed by atoms with Crippen molar-refractivity contribution in [2.45, 2.75) is 33.4 Å². The molecular formula is C11H15N3S2. The molecule has 2 aromatic rings. The molecule has 0 aliphatic heterocycles. The first kappa shape index (κ1) is 11.7. The Labute approximate surface area is 104 Å². The molecule has 0 radical (unpaired) electrons. The van der Waals surface area contributed by atoms with Crippen LogP contribution in [0.1, 0.15) is 33.6 Å². The molecule has 2 rings (SSSR count). The molecule has 0 spiro atoms. The average Bonchev–Trinajstić information content (AvgIpc) is 2.84. The van der Waals surface area contributed by atoms with E-state index in [0.717, 1.165) is 22.3 Å². The maximum Gasteiger partial charge on any atom is 0.106 e. The molecule has 0 saturated carbocycles. The van der Waals surface area contributed by atoms with Gasteiger partial charge in [-0.2, -0.15) is 0 Å². The van der Waals surface area contributed by atoms with E-state index in [2.05, 4.69) is 36.1 Å². The Balaban J connectivity index is 1.98. The van der Waals surface area contributed by atoms with Crippen LogP contribution in [0.2, 0.25) is 0 Å². The van der Waals surface area contributed by atoms with Gasteiger partial charge in [0.1, 0.15) is 5.01 Å². The van der Waals surface area contributed by atoms with Crippen molar-refractivity contribution in [2.75, 3.05) is 0 Å². The summed E-state index contributed by atoms with van der Waals surface area (Å²) < 4.78 is 0. The maximum atomic E-state index is 4.44. The lowest BCUT2D eigenvalue weighted by Crippen LogP contribution is -2.17. The lowest BCUT2D eigenvalue weighted by atomic mass is 10.2. The first-order chi connectivity index (χ1) is 7.66. The van der Waals surface area contributed by atoms with Gasteiger partial charge in [0.15, 0.2) is 0 Å². The lowest BCUT2D eigenvalue weighted by Gasteiger charge is -2.11. The Morgan fingerprint density at radius 2 is 2.25 bits per heavy atom. The van der Waals surface area contributed by atoms with Crippen molar-refractivity contribution in [2.24, 2.45) is 0 Å². The fourth-order valence-electron chi connectivity index (χ4n) is 1.62. The van der Waals surface area contributed by atoms with Gasteiger partial charge in [-0.15, -0.1) is 22.7 Å². The van der Waals surface area contributed by atoms with Gasteiger partial charge < -0.3 is 5.32 Å². The molecular weight excluding hydrogens is 238 g/mol. The second-order valence-electron chi connectivity index (χ2n) is 3.71. The van der Waals surface area contributed by atoms with Gasteiger partial charge in [0.05, 0.1) is 10.7 Å². The SMILES string of the molecule is Cc1nc(C)c(C(C)NCc2nccs2)s1. The molecule has 0 amide bonds. The zero-order valence-corrected chi connectivity index (χ0v) is 11.3. The predicted molar refractivity (Wildman–Crippen MR) is 69.0 cm³/mol. The Morgan fingerprint density at radius 3 is 2.81 bits per heavy atom. The van der Waals surface area contributed by atoms with Crippen LogP contribution in [0, 0.1) is 13.8 Å². The van der Waals surface area contributed by atoms with Crippen LogP contribution >= 0.6 is 22.7 Å². The standard InChI is InChI=1S/C11H15N3S2/c1-7(11-8(2)14-9(3)16-11)13-6-10-12-4-5-15-10/h4-5,7,13H,6H2,1-3H3. The molecule has 1 N–H and O–H groups in total. The summed E-state index contributed by atoms with van der Waals surface area (Å²) in [6.07, 6.45) is 1.84. The summed E-state index contributed by atoms with van der Waals surface area (Å²) in [5.74, 6) is 0. The molecule has 5 heteroatoms. The van der Waals surface area contributed by atoms with Gasteiger partial charge in [0.25, 0.3) is 0 Å². The van der Waals surface area contributed by atoms with Gasteiger partial charge >= 0.3 is 0 Å². The smallest absolute Gasteiger partial charge is 0.106 e. The van der Waals surface area contributed by atoms with E-state index in [1.54, 1.807) is 22.7 Å². The third-order valence-corrected chi connectivity index (χ3v) is 4.41. The van der Waals surface area contributed by atoms with Crippen LogP contribution in [0.4, 0.5) is 0 Å². The molecule has 0 fully saturated rings. The summed E-state index contributed by atoms with van der Waals surface area (Å²) in [6, 6.07) is 0.343. The molecule has 16 heavy (non-hydrogen) atoms. The van der Waals surface area contributed by atoms with Gasteiger partial charge in [-0.25, -0.2) is 9.97 Å². The molecule has 86 valence electrons. The molecule has 3 nitrogen and oxygen atoms in total. The van der Waals surface area contributed by atoms with Crippen LogP contribution in [-0.2, 0) is 6.54 Å². The van der Waals surface area contributed by atoms with Gasteiger partial charge in [0.2, 0.25) is 0 Å². The zero-order chi connectivity index (χ0) is 11.5. The largest absolute Gasteiger partial charge is 0.303 e. The first-order valence-electron chi connectivity index (χ1n) is 5.22. The van der Waals surface area contributed by atoms with E-state index in [9.17, 15) is 0 Å². The summed E-state index contributed by atoms with van der Waals surface area (Å²) in [5.41, 5.74) is 1.14. The van der Waals surface area contributed by atoms with E-state index in [1.807, 2.05) is 11.6 Å². The van der Waals surface area contributed by atoms with Gasteiger partial charge in [-0.05, 0) is 20.8 Å². The minimum Gasteiger partial charge on any atom is -0.303 e. The highest BCUT2D eigenvalue weighted by atomic mass is 32.1. The summed E-state index contributed by atoms with van der Waals surface area (Å²) >= 11 is 3.45. The quantitative estimate of drug-likeness (QED) is 0.910. The van der Waals surface area contributed by atoms with Crippen molar-refractivity contribution in [3.63, 3.8) is 0 Å². The highest BCUT2D eigenvalue weighted by Gasteiger charge is 2.12. The van der Waals surface area contributed by atoms with E-state index in [0.29, 0.717) is 6.04 Å². The van der Waals surface area contributed by atoms with Gasteiger partial charge in [-0.3, -0.25) is 0 Å². The van der Waals surface area contributed by atoms with E-state index in [1.165, 1.54) is 4.88 Å². The number of aryl methyl sites for hydroxylation is 2. The first-order valence-corrected chi connectivity index (χ1v) is 6.92. The number of aromatic nitrogens is 2. The average molecular weight is 253 g/mol. The Hall–Kier alpha value is -0.780. The highest BCUT2D eigenvalue weighted by molar-refractivity contribution is 7.11. The number of thiazole rings is 2. The Kier molecular flexibility index (Phi) is 3.68. The van der Waals surface area contributed by atoms with Crippen molar-refractivity contribution in [3.8, 4) is 0 Å². The van der Waals surface area contributed by atoms with E-state index >= 15 is 0 Å². The second kappa shape index (κ2) is 5.03. The fourth-order valence-corrected chi connectivity index (χ4v) is 3.14. The number of hydrogen-bond donors (Lipinski definition) is 1. The Bertz CT molecular complexity index is 448. The number of hydrogen-bond acceptors (Lipinski definition) is 5. The highest BCUT2D eigenvalue weighted by Crippen LogP contribution is 2.24. The van der Waals surface area contributed by atoms with Gasteiger partial charge in [-0.1, -0.05) is 0 Å². The maximum absolute atomic E-state index is 4.44. The van der Waals surface area contributed by atoms with Gasteiger partial charge in [0, 0.05) is 29.0 Å². The molecule has 1 unspecified atom stereocenters. The molecule has 2 aromatic heterocycles. The third-order valence-electron chi connectivity index (χ3n) is 2.38. The van der Waals surface area contributed by atoms with Crippen LogP contribution in [0.3, 0.4) is 0 Å². The molecule has 0 aliphatic carbocycles. The van der Waals surface area contributed by atoms with Crippen LogP contribution in [0.5, 0.6) is 0 Å². The number of nitrogens with one attached hydrogen (secondary N) is 1. The van der Waals surface area contributed by atoms with Crippen LogP contribution < -0.4 is 5.32 Å². The van der Waals surface area contributed by atoms with Crippen molar-refractivity contribution in [1.82, 2.24) is 15.3 Å². The summed E-state index contributed by atoms with van der Waals surface area (Å²) in [5, 5.41) is 7.74. The number of nitrogens with zero attached hydrogens (tertiary/aromatic N) is 2. The molecule has 0 bridgehead atoms. The molecule has 0 aromatic carbocycles. The second-order valence-corrected chi connectivity index (χ2v) is 5.92.